The third kappa shape index (κ3) is 3.05. The molecule has 0 unspecified atom stereocenters. The van der Waals surface area contributed by atoms with Crippen molar-refractivity contribution in [3.8, 4) is 0 Å². The van der Waals surface area contributed by atoms with Crippen LogP contribution in [0.4, 0.5) is 11.6 Å². The van der Waals surface area contributed by atoms with Crippen LogP contribution in [0.1, 0.15) is 63.8 Å². The van der Waals surface area contributed by atoms with E-state index >= 15 is 0 Å². The highest BCUT2D eigenvalue weighted by Gasteiger charge is 2.29. The first-order valence-corrected chi connectivity index (χ1v) is 7.97. The van der Waals surface area contributed by atoms with Gasteiger partial charge in [-0.15, -0.1) is 0 Å². The lowest BCUT2D eigenvalue weighted by Gasteiger charge is -2.29. The van der Waals surface area contributed by atoms with Crippen molar-refractivity contribution in [3.63, 3.8) is 0 Å². The van der Waals surface area contributed by atoms with Crippen molar-refractivity contribution in [2.24, 2.45) is 0 Å². The smallest absolute Gasteiger partial charge is 0.137 e. The molecular formula is C16H28N4. The molecule has 0 spiro atoms. The largest absolute Gasteiger partial charge is 0.370 e. The third-order valence-corrected chi connectivity index (χ3v) is 4.25. The van der Waals surface area contributed by atoms with E-state index in [0.29, 0.717) is 12.0 Å². The van der Waals surface area contributed by atoms with Crippen LogP contribution in [0.5, 0.6) is 0 Å². The maximum Gasteiger partial charge on any atom is 0.137 e. The fourth-order valence-electron chi connectivity index (χ4n) is 2.74. The van der Waals surface area contributed by atoms with E-state index < -0.39 is 0 Å². The van der Waals surface area contributed by atoms with Crippen LogP contribution >= 0.6 is 0 Å². The van der Waals surface area contributed by atoms with Crippen molar-refractivity contribution in [1.82, 2.24) is 9.97 Å². The van der Waals surface area contributed by atoms with E-state index in [1.807, 2.05) is 0 Å². The zero-order chi connectivity index (χ0) is 14.7. The number of nitrogens with one attached hydrogen (secondary N) is 1. The lowest BCUT2D eigenvalue weighted by atomic mass is 10.1. The molecule has 1 aliphatic rings. The van der Waals surface area contributed by atoms with Gasteiger partial charge in [-0.2, -0.15) is 0 Å². The van der Waals surface area contributed by atoms with Crippen LogP contribution in [0.2, 0.25) is 0 Å². The van der Waals surface area contributed by atoms with Crippen molar-refractivity contribution >= 4 is 11.6 Å². The molecule has 0 amide bonds. The van der Waals surface area contributed by atoms with E-state index in [4.69, 9.17) is 9.97 Å². The fourth-order valence-corrected chi connectivity index (χ4v) is 2.74. The molecule has 1 N–H and O–H groups in total. The minimum Gasteiger partial charge on any atom is -0.370 e. The van der Waals surface area contributed by atoms with Crippen LogP contribution in [0.25, 0.3) is 0 Å². The van der Waals surface area contributed by atoms with Crippen molar-refractivity contribution in [1.29, 1.82) is 0 Å². The number of rotatable bonds is 7. The average Bonchev–Trinajstić information content (AvgIpc) is 3.27. The molecule has 1 fully saturated rings. The molecule has 20 heavy (non-hydrogen) atoms. The first kappa shape index (κ1) is 15.1. The molecule has 112 valence electrons. The van der Waals surface area contributed by atoms with Gasteiger partial charge in [0.25, 0.3) is 0 Å². The zero-order valence-corrected chi connectivity index (χ0v) is 13.5. The summed E-state index contributed by atoms with van der Waals surface area (Å²) < 4.78 is 0. The van der Waals surface area contributed by atoms with Gasteiger partial charge in [-0.25, -0.2) is 9.97 Å². The molecular weight excluding hydrogens is 248 g/mol. The highest BCUT2D eigenvalue weighted by Crippen LogP contribution is 2.40. The quantitative estimate of drug-likeness (QED) is 0.824. The monoisotopic (exact) mass is 276 g/mol. The Morgan fingerprint density at radius 2 is 1.85 bits per heavy atom. The summed E-state index contributed by atoms with van der Waals surface area (Å²) in [5.74, 6) is 3.73. The molecule has 4 nitrogen and oxygen atoms in total. The van der Waals surface area contributed by atoms with Gasteiger partial charge in [0.15, 0.2) is 0 Å². The van der Waals surface area contributed by atoms with Crippen molar-refractivity contribution < 1.29 is 0 Å². The Balaban J connectivity index is 2.38. The summed E-state index contributed by atoms with van der Waals surface area (Å²) in [6, 6.07) is 0.546. The molecule has 0 radical (unpaired) electrons. The van der Waals surface area contributed by atoms with Crippen molar-refractivity contribution in [2.45, 2.75) is 65.3 Å². The van der Waals surface area contributed by atoms with Gasteiger partial charge in [0.2, 0.25) is 0 Å². The first-order valence-electron chi connectivity index (χ1n) is 7.97. The van der Waals surface area contributed by atoms with Gasteiger partial charge in [0.05, 0.1) is 0 Å². The van der Waals surface area contributed by atoms with Gasteiger partial charge in [-0.05, 0) is 39.5 Å². The molecule has 0 atom stereocenters. The Hall–Kier alpha value is -1.32. The molecule has 4 heteroatoms. The minimum atomic E-state index is 0.546. The van der Waals surface area contributed by atoms with Gasteiger partial charge >= 0.3 is 0 Å². The summed E-state index contributed by atoms with van der Waals surface area (Å²) in [4.78, 5) is 11.9. The standard InChI is InChI=1S/C16H28N4/c1-6-13(7-2)20(5)16-11(4)14(17-8-3)18-15(19-16)12-9-10-12/h12-13H,6-10H2,1-5H3,(H,17,18,19). The van der Waals surface area contributed by atoms with Crippen molar-refractivity contribution in [3.05, 3.63) is 11.4 Å². The summed E-state index contributed by atoms with van der Waals surface area (Å²) in [5.41, 5.74) is 1.17. The maximum atomic E-state index is 4.87. The normalized spacial score (nSPS) is 14.7. The van der Waals surface area contributed by atoms with Crippen LogP contribution in [0.3, 0.4) is 0 Å². The van der Waals surface area contributed by atoms with Gasteiger partial charge in [-0.3, -0.25) is 0 Å². The van der Waals surface area contributed by atoms with E-state index in [-0.39, 0.29) is 0 Å². The molecule has 0 bridgehead atoms. The van der Waals surface area contributed by atoms with Crippen LogP contribution in [0, 0.1) is 6.92 Å². The number of anilines is 2. The number of aromatic nitrogens is 2. The SMILES string of the molecule is CCNc1nc(C2CC2)nc(N(C)C(CC)CC)c1C. The van der Waals surface area contributed by atoms with Gasteiger partial charge in [0, 0.05) is 31.1 Å². The molecule has 0 saturated heterocycles. The lowest BCUT2D eigenvalue weighted by Crippen LogP contribution is -2.32. The van der Waals surface area contributed by atoms with Crippen LogP contribution in [0.15, 0.2) is 0 Å². The number of nitrogens with zero attached hydrogens (tertiary/aromatic N) is 3. The average molecular weight is 276 g/mol. The van der Waals surface area contributed by atoms with E-state index in [1.165, 1.54) is 18.4 Å². The molecule has 0 aromatic carbocycles. The second-order valence-corrected chi connectivity index (χ2v) is 5.76. The molecule has 1 aromatic rings. The second kappa shape index (κ2) is 6.42. The summed E-state index contributed by atoms with van der Waals surface area (Å²) in [6.45, 7) is 9.63. The van der Waals surface area contributed by atoms with Gasteiger partial charge in [-0.1, -0.05) is 13.8 Å². The Kier molecular flexibility index (Phi) is 4.84. The van der Waals surface area contributed by atoms with Crippen molar-refractivity contribution in [2.75, 3.05) is 23.8 Å². The van der Waals surface area contributed by atoms with Gasteiger partial charge in [0.1, 0.15) is 17.5 Å². The van der Waals surface area contributed by atoms with E-state index in [9.17, 15) is 0 Å². The van der Waals surface area contributed by atoms with E-state index in [0.717, 1.165) is 36.8 Å². The van der Waals surface area contributed by atoms with Crippen LogP contribution < -0.4 is 10.2 Å². The maximum absolute atomic E-state index is 4.87. The Morgan fingerprint density at radius 1 is 1.20 bits per heavy atom. The molecule has 2 rings (SSSR count). The Labute approximate surface area is 123 Å². The summed E-state index contributed by atoms with van der Waals surface area (Å²) in [6.07, 6.45) is 4.77. The summed E-state index contributed by atoms with van der Waals surface area (Å²) in [7, 11) is 2.17. The molecule has 1 aliphatic carbocycles. The number of hydrogen-bond acceptors (Lipinski definition) is 4. The Bertz CT molecular complexity index is 450. The third-order valence-electron chi connectivity index (χ3n) is 4.25. The summed E-state index contributed by atoms with van der Waals surface area (Å²) in [5, 5.41) is 3.39. The Morgan fingerprint density at radius 3 is 2.35 bits per heavy atom. The molecule has 1 aromatic heterocycles. The van der Waals surface area contributed by atoms with Gasteiger partial charge < -0.3 is 10.2 Å². The highest BCUT2D eigenvalue weighted by atomic mass is 15.2. The number of hydrogen-bond donors (Lipinski definition) is 1. The highest BCUT2D eigenvalue weighted by molar-refractivity contribution is 5.59. The summed E-state index contributed by atoms with van der Waals surface area (Å²) >= 11 is 0. The second-order valence-electron chi connectivity index (χ2n) is 5.76. The predicted molar refractivity (Wildman–Crippen MR) is 85.7 cm³/mol. The lowest BCUT2D eigenvalue weighted by molar-refractivity contribution is 0.584. The zero-order valence-electron chi connectivity index (χ0n) is 13.5. The topological polar surface area (TPSA) is 41.1 Å². The van der Waals surface area contributed by atoms with Crippen LogP contribution in [-0.2, 0) is 0 Å². The molecule has 1 saturated carbocycles. The van der Waals surface area contributed by atoms with Crippen LogP contribution in [-0.4, -0.2) is 29.6 Å². The van der Waals surface area contributed by atoms with E-state index in [1.54, 1.807) is 0 Å². The fraction of sp³-hybridized carbons (Fsp3) is 0.750. The minimum absolute atomic E-state index is 0.546. The molecule has 1 heterocycles. The first-order chi connectivity index (χ1) is 9.62. The predicted octanol–water partition coefficient (Wildman–Crippen LogP) is 3.72. The van der Waals surface area contributed by atoms with E-state index in [2.05, 4.69) is 45.0 Å². The molecule has 0 aliphatic heterocycles.